The second-order valence-corrected chi connectivity index (χ2v) is 9.34. The average molecular weight is 476 g/mol. The van der Waals surface area contributed by atoms with Crippen LogP contribution in [-0.4, -0.2) is 27.8 Å². The molecule has 0 aliphatic heterocycles. The van der Waals surface area contributed by atoms with Gasteiger partial charge in [-0.1, -0.05) is 96.2 Å². The summed E-state index contributed by atoms with van der Waals surface area (Å²) < 4.78 is 2.29. The van der Waals surface area contributed by atoms with Gasteiger partial charge < -0.3 is 9.88 Å². The molecule has 0 radical (unpaired) electrons. The van der Waals surface area contributed by atoms with Gasteiger partial charge in [0.1, 0.15) is 0 Å². The van der Waals surface area contributed by atoms with Crippen molar-refractivity contribution >= 4 is 29.3 Å². The number of thioether (sulfide) groups is 1. The summed E-state index contributed by atoms with van der Waals surface area (Å²) in [7, 11) is 0. The standard InChI is InChI=1S/C27H26ClN3OS/c1-19(2)31-25(21-13-7-4-8-14-21)24(20-11-5-3-6-12-20)30-27(31)33-18-17-29-26(32)22-15-9-10-16-23(22)28/h3-16,19H,17-18H2,1-2H3,(H,29,32). The lowest BCUT2D eigenvalue weighted by atomic mass is 10.0. The van der Waals surface area contributed by atoms with Crippen LogP contribution in [-0.2, 0) is 0 Å². The molecule has 1 amide bonds. The summed E-state index contributed by atoms with van der Waals surface area (Å²) in [4.78, 5) is 17.5. The number of halogens is 1. The summed E-state index contributed by atoms with van der Waals surface area (Å²) in [5.41, 5.74) is 4.80. The Hall–Kier alpha value is -3.02. The van der Waals surface area contributed by atoms with E-state index in [2.05, 4.69) is 60.1 Å². The maximum atomic E-state index is 12.5. The lowest BCUT2D eigenvalue weighted by molar-refractivity contribution is 0.0956. The van der Waals surface area contributed by atoms with E-state index in [9.17, 15) is 4.79 Å². The van der Waals surface area contributed by atoms with Gasteiger partial charge in [-0.2, -0.15) is 0 Å². The van der Waals surface area contributed by atoms with Crippen LogP contribution in [0.5, 0.6) is 0 Å². The van der Waals surface area contributed by atoms with Crippen LogP contribution in [0.1, 0.15) is 30.2 Å². The number of hydrogen-bond acceptors (Lipinski definition) is 3. The Morgan fingerprint density at radius 2 is 1.55 bits per heavy atom. The van der Waals surface area contributed by atoms with Gasteiger partial charge in [0.25, 0.3) is 5.91 Å². The number of nitrogens with one attached hydrogen (secondary N) is 1. The molecule has 4 aromatic rings. The quantitative estimate of drug-likeness (QED) is 0.221. The Kier molecular flexibility index (Phi) is 7.53. The molecule has 0 saturated carbocycles. The number of carbonyl (C=O) groups is 1. The second kappa shape index (κ2) is 10.7. The highest BCUT2D eigenvalue weighted by Crippen LogP contribution is 2.37. The number of rotatable bonds is 8. The minimum Gasteiger partial charge on any atom is -0.351 e. The van der Waals surface area contributed by atoms with Crippen molar-refractivity contribution in [3.8, 4) is 22.5 Å². The van der Waals surface area contributed by atoms with Gasteiger partial charge in [0.15, 0.2) is 5.16 Å². The molecule has 0 fully saturated rings. The third-order valence-corrected chi connectivity index (χ3v) is 6.51. The van der Waals surface area contributed by atoms with Crippen molar-refractivity contribution in [2.45, 2.75) is 25.0 Å². The highest BCUT2D eigenvalue weighted by atomic mass is 35.5. The first-order valence-corrected chi connectivity index (χ1v) is 12.3. The Morgan fingerprint density at radius 1 is 0.939 bits per heavy atom. The molecule has 168 valence electrons. The molecular formula is C27H26ClN3OS. The third kappa shape index (κ3) is 5.32. The summed E-state index contributed by atoms with van der Waals surface area (Å²) in [6.45, 7) is 4.86. The highest BCUT2D eigenvalue weighted by molar-refractivity contribution is 7.99. The van der Waals surface area contributed by atoms with E-state index in [1.54, 1.807) is 23.9 Å². The lowest BCUT2D eigenvalue weighted by Gasteiger charge is -2.16. The Bertz CT molecular complexity index is 1220. The monoisotopic (exact) mass is 475 g/mol. The largest absolute Gasteiger partial charge is 0.351 e. The number of benzene rings is 3. The molecule has 4 rings (SSSR count). The highest BCUT2D eigenvalue weighted by Gasteiger charge is 2.22. The molecule has 1 N–H and O–H groups in total. The molecule has 33 heavy (non-hydrogen) atoms. The smallest absolute Gasteiger partial charge is 0.252 e. The summed E-state index contributed by atoms with van der Waals surface area (Å²) in [6.07, 6.45) is 0. The van der Waals surface area contributed by atoms with Gasteiger partial charge in [0.2, 0.25) is 0 Å². The van der Waals surface area contributed by atoms with Crippen LogP contribution in [0.3, 0.4) is 0 Å². The fourth-order valence-corrected chi connectivity index (χ4v) is 4.91. The minimum atomic E-state index is -0.164. The van der Waals surface area contributed by atoms with E-state index in [1.807, 2.05) is 36.4 Å². The Balaban J connectivity index is 1.59. The zero-order chi connectivity index (χ0) is 23.2. The van der Waals surface area contributed by atoms with E-state index in [4.69, 9.17) is 16.6 Å². The molecule has 0 saturated heterocycles. The SMILES string of the molecule is CC(C)n1c(SCCNC(=O)c2ccccc2Cl)nc(-c2ccccc2)c1-c1ccccc1. The van der Waals surface area contributed by atoms with Gasteiger partial charge in [-0.25, -0.2) is 4.98 Å². The second-order valence-electron chi connectivity index (χ2n) is 7.87. The van der Waals surface area contributed by atoms with Crippen LogP contribution in [0.4, 0.5) is 0 Å². The fourth-order valence-electron chi connectivity index (χ4n) is 3.71. The van der Waals surface area contributed by atoms with E-state index in [0.29, 0.717) is 22.9 Å². The van der Waals surface area contributed by atoms with Gasteiger partial charge in [-0.15, -0.1) is 0 Å². The zero-order valence-electron chi connectivity index (χ0n) is 18.7. The van der Waals surface area contributed by atoms with Crippen LogP contribution in [0, 0.1) is 0 Å². The van der Waals surface area contributed by atoms with E-state index in [1.165, 1.54) is 0 Å². The Morgan fingerprint density at radius 3 is 2.18 bits per heavy atom. The molecule has 0 atom stereocenters. The summed E-state index contributed by atoms with van der Waals surface area (Å²) in [5.74, 6) is 0.533. The van der Waals surface area contributed by atoms with Gasteiger partial charge in [-0.3, -0.25) is 4.79 Å². The predicted molar refractivity (Wildman–Crippen MR) is 138 cm³/mol. The van der Waals surface area contributed by atoms with Crippen LogP contribution in [0.15, 0.2) is 90.1 Å². The molecule has 1 aromatic heterocycles. The van der Waals surface area contributed by atoms with E-state index in [0.717, 1.165) is 27.7 Å². The van der Waals surface area contributed by atoms with Crippen LogP contribution >= 0.6 is 23.4 Å². The molecule has 0 spiro atoms. The summed E-state index contributed by atoms with van der Waals surface area (Å²) >= 11 is 7.79. The molecular weight excluding hydrogens is 450 g/mol. The number of hydrogen-bond donors (Lipinski definition) is 1. The zero-order valence-corrected chi connectivity index (χ0v) is 20.2. The molecule has 1 heterocycles. The number of nitrogens with zero attached hydrogens (tertiary/aromatic N) is 2. The van der Waals surface area contributed by atoms with E-state index < -0.39 is 0 Å². The van der Waals surface area contributed by atoms with E-state index in [-0.39, 0.29) is 11.9 Å². The molecule has 0 aliphatic rings. The molecule has 0 aliphatic carbocycles. The first kappa shape index (κ1) is 23.1. The van der Waals surface area contributed by atoms with Crippen molar-refractivity contribution in [2.24, 2.45) is 0 Å². The van der Waals surface area contributed by atoms with Crippen LogP contribution in [0.2, 0.25) is 5.02 Å². The number of aromatic nitrogens is 2. The summed E-state index contributed by atoms with van der Waals surface area (Å²) in [6, 6.07) is 28.0. The van der Waals surface area contributed by atoms with Gasteiger partial charge in [0.05, 0.1) is 22.0 Å². The number of amides is 1. The maximum Gasteiger partial charge on any atom is 0.252 e. The van der Waals surface area contributed by atoms with Crippen LogP contribution in [0.25, 0.3) is 22.5 Å². The predicted octanol–water partition coefficient (Wildman–Crippen LogP) is 6.97. The minimum absolute atomic E-state index is 0.164. The average Bonchev–Trinajstić information content (AvgIpc) is 3.23. The number of carbonyl (C=O) groups excluding carboxylic acids is 1. The van der Waals surface area contributed by atoms with Gasteiger partial charge in [0, 0.05) is 29.5 Å². The third-order valence-electron chi connectivity index (χ3n) is 5.23. The fraction of sp³-hybridized carbons (Fsp3) is 0.185. The lowest BCUT2D eigenvalue weighted by Crippen LogP contribution is -2.26. The van der Waals surface area contributed by atoms with Gasteiger partial charge >= 0.3 is 0 Å². The van der Waals surface area contributed by atoms with Crippen molar-refractivity contribution in [1.29, 1.82) is 0 Å². The Labute approximate surface area is 204 Å². The molecule has 0 bridgehead atoms. The van der Waals surface area contributed by atoms with Gasteiger partial charge in [-0.05, 0) is 26.0 Å². The first-order chi connectivity index (χ1) is 16.1. The van der Waals surface area contributed by atoms with Crippen molar-refractivity contribution in [3.05, 3.63) is 95.5 Å². The normalized spacial score (nSPS) is 11.0. The van der Waals surface area contributed by atoms with Crippen molar-refractivity contribution in [2.75, 3.05) is 12.3 Å². The summed E-state index contributed by atoms with van der Waals surface area (Å²) in [5, 5.41) is 4.36. The maximum absolute atomic E-state index is 12.5. The van der Waals surface area contributed by atoms with Crippen LogP contribution < -0.4 is 5.32 Å². The van der Waals surface area contributed by atoms with Crippen molar-refractivity contribution in [3.63, 3.8) is 0 Å². The number of imidazole rings is 1. The molecule has 6 heteroatoms. The van der Waals surface area contributed by atoms with Crippen molar-refractivity contribution in [1.82, 2.24) is 14.9 Å². The van der Waals surface area contributed by atoms with E-state index >= 15 is 0 Å². The molecule has 0 unspecified atom stereocenters. The topological polar surface area (TPSA) is 46.9 Å². The van der Waals surface area contributed by atoms with Crippen molar-refractivity contribution < 1.29 is 4.79 Å². The molecule has 3 aromatic carbocycles. The molecule has 4 nitrogen and oxygen atoms in total. The first-order valence-electron chi connectivity index (χ1n) is 10.9.